The zero-order valence-corrected chi connectivity index (χ0v) is 16.5. The van der Waals surface area contributed by atoms with Crippen LogP contribution in [-0.4, -0.2) is 22.0 Å². The molecule has 2 aliphatic heterocycles. The Bertz CT molecular complexity index is 1150. The van der Waals surface area contributed by atoms with Crippen LogP contribution in [0.3, 0.4) is 0 Å². The van der Waals surface area contributed by atoms with E-state index < -0.39 is 11.2 Å². The lowest BCUT2D eigenvalue weighted by atomic mass is 9.81. The topological polar surface area (TPSA) is 70.2 Å². The monoisotopic (exact) mass is 408 g/mol. The number of thioether (sulfide) groups is 1. The highest BCUT2D eigenvalue weighted by Gasteiger charge is 2.56. The summed E-state index contributed by atoms with van der Waals surface area (Å²) in [5.41, 5.74) is 2.63. The molecule has 5 rings (SSSR count). The molecule has 1 fully saturated rings. The molecule has 2 amide bonds. The highest BCUT2D eigenvalue weighted by molar-refractivity contribution is 8.00. The van der Waals surface area contributed by atoms with Gasteiger partial charge in [0.2, 0.25) is 11.8 Å². The fourth-order valence-corrected chi connectivity index (χ4v) is 6.63. The molecule has 2 aromatic carbocycles. The molecule has 0 bridgehead atoms. The van der Waals surface area contributed by atoms with E-state index in [1.54, 1.807) is 12.1 Å². The number of imide groups is 1. The zero-order valence-electron chi connectivity index (χ0n) is 14.9. The van der Waals surface area contributed by atoms with Gasteiger partial charge in [0, 0.05) is 10.8 Å². The number of benzene rings is 2. The fraction of sp³-hybridized carbons (Fsp3) is 0.190. The van der Waals surface area contributed by atoms with E-state index in [1.807, 2.05) is 49.4 Å². The number of nitrogens with zero attached hydrogens (tertiary/aromatic N) is 1. The van der Waals surface area contributed by atoms with Crippen LogP contribution in [0.5, 0.6) is 0 Å². The molecule has 140 valence electrons. The van der Waals surface area contributed by atoms with Crippen molar-refractivity contribution < 1.29 is 9.59 Å². The standard InChI is InChI=1S/C21H16N2O3S2/c1-11-7-5-6-10-13(11)14-15-17(27-18-16(14)28-21(26)22-18)20(25)23(19(15)24)12-8-3-2-4-9-12/h2-10,14-15,17H,1H3,(H,22,26). The first-order valence-electron chi connectivity index (χ1n) is 8.94. The molecule has 28 heavy (non-hydrogen) atoms. The van der Waals surface area contributed by atoms with Gasteiger partial charge in [-0.15, -0.1) is 0 Å². The summed E-state index contributed by atoms with van der Waals surface area (Å²) in [6.07, 6.45) is 0. The number of rotatable bonds is 2. The summed E-state index contributed by atoms with van der Waals surface area (Å²) in [6.45, 7) is 2.00. The minimum absolute atomic E-state index is 0.157. The number of aromatic nitrogens is 1. The first kappa shape index (κ1) is 17.5. The Morgan fingerprint density at radius 2 is 1.64 bits per heavy atom. The maximum atomic E-state index is 13.5. The lowest BCUT2D eigenvalue weighted by Crippen LogP contribution is -2.32. The zero-order chi connectivity index (χ0) is 19.4. The number of aryl methyl sites for hydroxylation is 1. The maximum Gasteiger partial charge on any atom is 0.305 e. The van der Waals surface area contributed by atoms with Gasteiger partial charge >= 0.3 is 4.87 Å². The molecular weight excluding hydrogens is 392 g/mol. The summed E-state index contributed by atoms with van der Waals surface area (Å²) in [5.74, 6) is -1.26. The molecule has 7 heteroatoms. The average molecular weight is 409 g/mol. The van der Waals surface area contributed by atoms with Gasteiger partial charge in [-0.2, -0.15) is 0 Å². The molecule has 1 saturated heterocycles. The third-order valence-corrected chi connectivity index (χ3v) is 7.76. The van der Waals surface area contributed by atoms with Gasteiger partial charge in [0.05, 0.1) is 16.6 Å². The number of fused-ring (bicyclic) bond motifs is 2. The SMILES string of the molecule is Cc1ccccc1C1c2sc(=O)[nH]c2SC2C(=O)N(c3ccccc3)C(=O)C21. The average Bonchev–Trinajstić information content (AvgIpc) is 3.18. The lowest BCUT2D eigenvalue weighted by Gasteiger charge is -2.30. The van der Waals surface area contributed by atoms with E-state index in [0.717, 1.165) is 27.3 Å². The second kappa shape index (κ2) is 6.46. The highest BCUT2D eigenvalue weighted by atomic mass is 32.2. The minimum Gasteiger partial charge on any atom is -0.307 e. The maximum absolute atomic E-state index is 13.5. The van der Waals surface area contributed by atoms with E-state index in [4.69, 9.17) is 0 Å². The van der Waals surface area contributed by atoms with Crippen molar-refractivity contribution in [2.75, 3.05) is 4.90 Å². The number of carbonyl (C=O) groups is 2. The van der Waals surface area contributed by atoms with E-state index in [1.165, 1.54) is 16.7 Å². The molecule has 3 heterocycles. The Morgan fingerprint density at radius 1 is 0.929 bits per heavy atom. The van der Waals surface area contributed by atoms with E-state index in [-0.39, 0.29) is 22.6 Å². The van der Waals surface area contributed by atoms with Gasteiger partial charge in [0.25, 0.3) is 0 Å². The highest BCUT2D eigenvalue weighted by Crippen LogP contribution is 2.53. The number of para-hydroxylation sites is 1. The smallest absolute Gasteiger partial charge is 0.305 e. The molecule has 1 N–H and O–H groups in total. The van der Waals surface area contributed by atoms with Crippen molar-refractivity contribution in [1.82, 2.24) is 4.98 Å². The molecule has 0 aliphatic carbocycles. The Hall–Kier alpha value is -2.64. The molecule has 3 atom stereocenters. The molecule has 3 aromatic rings. The molecule has 5 nitrogen and oxygen atoms in total. The summed E-state index contributed by atoms with van der Waals surface area (Å²) >= 11 is 2.44. The quantitative estimate of drug-likeness (QED) is 0.659. The van der Waals surface area contributed by atoms with Crippen LogP contribution in [0.25, 0.3) is 0 Å². The van der Waals surface area contributed by atoms with Gasteiger partial charge in [-0.1, -0.05) is 65.6 Å². The molecule has 0 saturated carbocycles. The van der Waals surface area contributed by atoms with Crippen molar-refractivity contribution in [2.45, 2.75) is 23.1 Å². The van der Waals surface area contributed by atoms with E-state index in [9.17, 15) is 14.4 Å². The van der Waals surface area contributed by atoms with Crippen molar-refractivity contribution in [3.63, 3.8) is 0 Å². The number of hydrogen-bond donors (Lipinski definition) is 1. The van der Waals surface area contributed by atoms with Crippen LogP contribution in [-0.2, 0) is 9.59 Å². The van der Waals surface area contributed by atoms with Crippen molar-refractivity contribution in [1.29, 1.82) is 0 Å². The lowest BCUT2D eigenvalue weighted by molar-refractivity contribution is -0.122. The Balaban J connectivity index is 1.69. The summed E-state index contributed by atoms with van der Waals surface area (Å²) in [6, 6.07) is 16.9. The molecule has 2 aliphatic rings. The Labute approximate surface area is 169 Å². The largest absolute Gasteiger partial charge is 0.307 e. The Kier molecular flexibility index (Phi) is 4.03. The van der Waals surface area contributed by atoms with Crippen LogP contribution < -0.4 is 9.77 Å². The molecule has 0 radical (unpaired) electrons. The molecule has 3 unspecified atom stereocenters. The summed E-state index contributed by atoms with van der Waals surface area (Å²) in [7, 11) is 0. The summed E-state index contributed by atoms with van der Waals surface area (Å²) < 4.78 is 0. The van der Waals surface area contributed by atoms with Crippen LogP contribution >= 0.6 is 23.1 Å². The van der Waals surface area contributed by atoms with E-state index in [2.05, 4.69) is 4.98 Å². The summed E-state index contributed by atoms with van der Waals surface area (Å²) in [5, 5.41) is 0.163. The van der Waals surface area contributed by atoms with Crippen molar-refractivity contribution in [3.05, 3.63) is 80.3 Å². The molecule has 1 aromatic heterocycles. The van der Waals surface area contributed by atoms with Gasteiger partial charge in [-0.3, -0.25) is 14.4 Å². The first-order valence-corrected chi connectivity index (χ1v) is 10.6. The normalized spacial score (nSPS) is 23.6. The van der Waals surface area contributed by atoms with Crippen molar-refractivity contribution >= 4 is 40.6 Å². The predicted molar refractivity (Wildman–Crippen MR) is 110 cm³/mol. The van der Waals surface area contributed by atoms with Gasteiger partial charge in [-0.05, 0) is 30.2 Å². The van der Waals surface area contributed by atoms with Crippen LogP contribution in [0.2, 0.25) is 0 Å². The van der Waals surface area contributed by atoms with Gasteiger partial charge < -0.3 is 4.98 Å². The molecule has 0 spiro atoms. The first-order chi connectivity index (χ1) is 13.6. The van der Waals surface area contributed by atoms with E-state index >= 15 is 0 Å². The van der Waals surface area contributed by atoms with Gasteiger partial charge in [0.15, 0.2) is 0 Å². The number of anilines is 1. The predicted octanol–water partition coefficient (Wildman–Crippen LogP) is 3.54. The number of aromatic amines is 1. The number of carbonyl (C=O) groups excluding carboxylic acids is 2. The number of nitrogens with one attached hydrogen (secondary N) is 1. The van der Waals surface area contributed by atoms with Crippen LogP contribution in [0.1, 0.15) is 21.9 Å². The minimum atomic E-state index is -0.546. The Morgan fingerprint density at radius 3 is 2.39 bits per heavy atom. The third kappa shape index (κ3) is 2.50. The number of H-pyrrole nitrogens is 1. The summed E-state index contributed by atoms with van der Waals surface area (Å²) in [4.78, 5) is 43.6. The van der Waals surface area contributed by atoms with Gasteiger partial charge in [0.1, 0.15) is 5.25 Å². The second-order valence-corrected chi connectivity index (χ2v) is 9.12. The molecular formula is C21H16N2O3S2. The van der Waals surface area contributed by atoms with Crippen LogP contribution in [0.4, 0.5) is 5.69 Å². The van der Waals surface area contributed by atoms with Crippen molar-refractivity contribution in [2.24, 2.45) is 5.92 Å². The van der Waals surface area contributed by atoms with Gasteiger partial charge in [-0.25, -0.2) is 4.90 Å². The fourth-order valence-electron chi connectivity index (χ4n) is 4.12. The second-order valence-electron chi connectivity index (χ2n) is 6.95. The number of thiazole rings is 1. The van der Waals surface area contributed by atoms with Crippen LogP contribution in [0, 0.1) is 12.8 Å². The third-order valence-electron chi connectivity index (χ3n) is 5.36. The van der Waals surface area contributed by atoms with E-state index in [0.29, 0.717) is 10.7 Å². The van der Waals surface area contributed by atoms with Crippen LogP contribution in [0.15, 0.2) is 64.4 Å². The van der Waals surface area contributed by atoms with Crippen molar-refractivity contribution in [3.8, 4) is 0 Å². The number of hydrogen-bond acceptors (Lipinski definition) is 5. The number of amides is 2.